The van der Waals surface area contributed by atoms with Gasteiger partial charge in [-0.3, -0.25) is 4.99 Å². The van der Waals surface area contributed by atoms with Crippen molar-refractivity contribution in [2.45, 2.75) is 63.6 Å². The molecule has 0 heterocycles. The van der Waals surface area contributed by atoms with Crippen LogP contribution in [0, 0.1) is 11.8 Å². The molecule has 0 saturated heterocycles. The van der Waals surface area contributed by atoms with Crippen LogP contribution in [0.3, 0.4) is 0 Å². The number of guanidine groups is 1. The molecule has 3 nitrogen and oxygen atoms in total. The van der Waals surface area contributed by atoms with E-state index in [1.807, 2.05) is 0 Å². The molecule has 7 heteroatoms. The third kappa shape index (κ3) is 5.83. The number of halogens is 4. The number of nitrogens with zero attached hydrogens (tertiary/aromatic N) is 1. The zero-order valence-electron chi connectivity index (χ0n) is 12.2. The van der Waals surface area contributed by atoms with E-state index in [4.69, 9.17) is 5.73 Å². The van der Waals surface area contributed by atoms with Crippen LogP contribution >= 0.6 is 24.0 Å². The van der Waals surface area contributed by atoms with E-state index in [0.29, 0.717) is 24.8 Å². The Kier molecular flexibility index (Phi) is 7.56. The number of nitrogens with one attached hydrogen (secondary N) is 1. The highest BCUT2D eigenvalue weighted by Crippen LogP contribution is 2.41. The molecule has 2 atom stereocenters. The third-order valence-electron chi connectivity index (χ3n) is 4.53. The molecule has 124 valence electrons. The first-order chi connectivity index (χ1) is 9.47. The lowest BCUT2D eigenvalue weighted by Crippen LogP contribution is -2.40. The SMILES string of the molecule is I.NC(=NC[C@H]1CCCC[C@H]1C(F)(F)F)NC1CCCC1. The maximum absolute atomic E-state index is 12.9. The summed E-state index contributed by atoms with van der Waals surface area (Å²) in [5, 5.41) is 3.12. The fourth-order valence-electron chi connectivity index (χ4n) is 3.40. The molecule has 0 amide bonds. The normalized spacial score (nSPS) is 28.2. The first kappa shape index (κ1) is 18.8. The number of alkyl halides is 3. The van der Waals surface area contributed by atoms with Gasteiger partial charge in [0.05, 0.1) is 5.92 Å². The van der Waals surface area contributed by atoms with Gasteiger partial charge in [-0.25, -0.2) is 0 Å². The summed E-state index contributed by atoms with van der Waals surface area (Å²) in [5.41, 5.74) is 5.78. The van der Waals surface area contributed by atoms with Crippen LogP contribution in [0.4, 0.5) is 13.2 Å². The summed E-state index contributed by atoms with van der Waals surface area (Å²) in [5.74, 6) is -1.31. The summed E-state index contributed by atoms with van der Waals surface area (Å²) in [6, 6.07) is 0.350. The highest BCUT2D eigenvalue weighted by Gasteiger charge is 2.45. The van der Waals surface area contributed by atoms with E-state index in [2.05, 4.69) is 10.3 Å². The molecule has 21 heavy (non-hydrogen) atoms. The smallest absolute Gasteiger partial charge is 0.370 e. The van der Waals surface area contributed by atoms with Gasteiger partial charge in [0.15, 0.2) is 5.96 Å². The number of rotatable bonds is 3. The Morgan fingerprint density at radius 3 is 2.24 bits per heavy atom. The average molecular weight is 419 g/mol. The van der Waals surface area contributed by atoms with Gasteiger partial charge in [0.2, 0.25) is 0 Å². The number of hydrogen-bond acceptors (Lipinski definition) is 1. The zero-order chi connectivity index (χ0) is 14.6. The van der Waals surface area contributed by atoms with Crippen molar-refractivity contribution in [3.8, 4) is 0 Å². The average Bonchev–Trinajstić information content (AvgIpc) is 2.88. The first-order valence-electron chi connectivity index (χ1n) is 7.60. The second-order valence-electron chi connectivity index (χ2n) is 6.04. The molecule has 3 N–H and O–H groups in total. The Morgan fingerprint density at radius 2 is 1.62 bits per heavy atom. The van der Waals surface area contributed by atoms with E-state index >= 15 is 0 Å². The van der Waals surface area contributed by atoms with E-state index in [9.17, 15) is 13.2 Å². The summed E-state index contributed by atoms with van der Waals surface area (Å²) in [7, 11) is 0. The van der Waals surface area contributed by atoms with Crippen molar-refractivity contribution in [3.05, 3.63) is 0 Å². The molecule has 2 aliphatic rings. The Balaban J connectivity index is 0.00000220. The summed E-state index contributed by atoms with van der Waals surface area (Å²) in [6.45, 7) is 0.190. The maximum atomic E-state index is 12.9. The summed E-state index contributed by atoms with van der Waals surface area (Å²) >= 11 is 0. The van der Waals surface area contributed by atoms with Crippen LogP contribution in [0.25, 0.3) is 0 Å². The maximum Gasteiger partial charge on any atom is 0.392 e. The van der Waals surface area contributed by atoms with E-state index < -0.39 is 18.0 Å². The monoisotopic (exact) mass is 419 g/mol. The molecule has 0 radical (unpaired) electrons. The van der Waals surface area contributed by atoms with Crippen LogP contribution in [0.2, 0.25) is 0 Å². The van der Waals surface area contributed by atoms with Gasteiger partial charge < -0.3 is 11.1 Å². The van der Waals surface area contributed by atoms with Crippen molar-refractivity contribution in [2.75, 3.05) is 6.54 Å². The Hall–Kier alpha value is -0.210. The predicted octanol–water partition coefficient (Wildman–Crippen LogP) is 3.82. The van der Waals surface area contributed by atoms with Gasteiger partial charge in [0.25, 0.3) is 0 Å². The van der Waals surface area contributed by atoms with Gasteiger partial charge in [-0.15, -0.1) is 24.0 Å². The molecule has 0 aromatic carbocycles. The molecule has 2 fully saturated rings. The number of nitrogens with two attached hydrogens (primary N) is 1. The second kappa shape index (κ2) is 8.43. The van der Waals surface area contributed by atoms with Gasteiger partial charge >= 0.3 is 6.18 Å². The minimum Gasteiger partial charge on any atom is -0.370 e. The van der Waals surface area contributed by atoms with Crippen molar-refractivity contribution in [2.24, 2.45) is 22.6 Å². The highest BCUT2D eigenvalue weighted by atomic mass is 127. The molecule has 2 aliphatic carbocycles. The fourth-order valence-corrected chi connectivity index (χ4v) is 3.40. The van der Waals surface area contributed by atoms with Crippen LogP contribution in [0.5, 0.6) is 0 Å². The molecule has 0 aliphatic heterocycles. The Morgan fingerprint density at radius 1 is 1.05 bits per heavy atom. The molecule has 0 bridgehead atoms. The Bertz CT molecular complexity index is 341. The fraction of sp³-hybridized carbons (Fsp3) is 0.929. The molecular formula is C14H25F3IN3. The van der Waals surface area contributed by atoms with Crippen molar-refractivity contribution in [3.63, 3.8) is 0 Å². The molecule has 0 aromatic heterocycles. The third-order valence-corrected chi connectivity index (χ3v) is 4.53. The zero-order valence-corrected chi connectivity index (χ0v) is 14.5. The quantitative estimate of drug-likeness (QED) is 0.415. The predicted molar refractivity (Wildman–Crippen MR) is 88.8 cm³/mol. The summed E-state index contributed by atoms with van der Waals surface area (Å²) < 4.78 is 38.8. The van der Waals surface area contributed by atoms with E-state index in [1.54, 1.807) is 0 Å². The van der Waals surface area contributed by atoms with Gasteiger partial charge in [0.1, 0.15) is 0 Å². The number of hydrogen-bond donors (Lipinski definition) is 2. The second-order valence-corrected chi connectivity index (χ2v) is 6.04. The van der Waals surface area contributed by atoms with E-state index in [-0.39, 0.29) is 36.9 Å². The minimum absolute atomic E-state index is 0. The minimum atomic E-state index is -4.10. The van der Waals surface area contributed by atoms with Gasteiger partial charge in [-0.05, 0) is 31.6 Å². The molecule has 2 saturated carbocycles. The van der Waals surface area contributed by atoms with Crippen LogP contribution in [-0.2, 0) is 0 Å². The number of aliphatic imine (C=N–C) groups is 1. The summed E-state index contributed by atoms with van der Waals surface area (Å²) in [6.07, 6.45) is 2.78. The van der Waals surface area contributed by atoms with E-state index in [1.165, 1.54) is 12.8 Å². The van der Waals surface area contributed by atoms with Gasteiger partial charge in [0, 0.05) is 12.6 Å². The molecule has 2 rings (SSSR count). The lowest BCUT2D eigenvalue weighted by atomic mass is 9.79. The van der Waals surface area contributed by atoms with Crippen molar-refractivity contribution in [1.82, 2.24) is 5.32 Å². The first-order valence-corrected chi connectivity index (χ1v) is 7.60. The topological polar surface area (TPSA) is 50.4 Å². The Labute approximate surface area is 141 Å². The highest BCUT2D eigenvalue weighted by molar-refractivity contribution is 14.0. The van der Waals surface area contributed by atoms with Crippen LogP contribution < -0.4 is 11.1 Å². The van der Waals surface area contributed by atoms with Crippen molar-refractivity contribution in [1.29, 1.82) is 0 Å². The molecule has 0 unspecified atom stereocenters. The lowest BCUT2D eigenvalue weighted by Gasteiger charge is -2.32. The summed E-state index contributed by atoms with van der Waals surface area (Å²) in [4.78, 5) is 4.16. The van der Waals surface area contributed by atoms with Crippen molar-refractivity contribution >= 4 is 29.9 Å². The molecule has 0 spiro atoms. The molecular weight excluding hydrogens is 394 g/mol. The van der Waals surface area contributed by atoms with Crippen LogP contribution in [0.15, 0.2) is 4.99 Å². The van der Waals surface area contributed by atoms with Crippen LogP contribution in [0.1, 0.15) is 51.4 Å². The van der Waals surface area contributed by atoms with E-state index in [0.717, 1.165) is 19.3 Å². The molecule has 0 aromatic rings. The standard InChI is InChI=1S/C14H24F3N3.HI/c15-14(16,17)12-8-4-1-5-10(12)9-19-13(18)20-11-6-2-3-7-11;/h10-12H,1-9H2,(H3,18,19,20);1H/t10-,12-;/m1./s1. The largest absolute Gasteiger partial charge is 0.392 e. The lowest BCUT2D eigenvalue weighted by molar-refractivity contribution is -0.195. The van der Waals surface area contributed by atoms with Crippen molar-refractivity contribution < 1.29 is 13.2 Å². The van der Waals surface area contributed by atoms with Crippen LogP contribution in [-0.4, -0.2) is 24.7 Å². The van der Waals surface area contributed by atoms with Gasteiger partial charge in [-0.1, -0.05) is 25.7 Å². The van der Waals surface area contributed by atoms with Gasteiger partial charge in [-0.2, -0.15) is 13.2 Å².